The number of hydrogen-bond acceptors (Lipinski definition) is 3. The van der Waals surface area contributed by atoms with Gasteiger partial charge in [-0.1, -0.05) is 39.0 Å². The summed E-state index contributed by atoms with van der Waals surface area (Å²) in [5.74, 6) is -1.07. The summed E-state index contributed by atoms with van der Waals surface area (Å²) >= 11 is 0. The van der Waals surface area contributed by atoms with Crippen molar-refractivity contribution in [2.75, 3.05) is 5.32 Å². The Kier molecular flexibility index (Phi) is 5.83. The highest BCUT2D eigenvalue weighted by molar-refractivity contribution is 7.89. The van der Waals surface area contributed by atoms with E-state index in [9.17, 15) is 17.6 Å². The topological polar surface area (TPSA) is 75.3 Å². The summed E-state index contributed by atoms with van der Waals surface area (Å²) < 4.78 is 40.4. The zero-order chi connectivity index (χ0) is 19.5. The molecule has 0 fully saturated rings. The number of nitrogens with one attached hydrogen (secondary N) is 2. The third-order valence-electron chi connectivity index (χ3n) is 3.85. The van der Waals surface area contributed by atoms with Crippen molar-refractivity contribution < 1.29 is 17.6 Å². The Hall–Kier alpha value is -2.25. The van der Waals surface area contributed by atoms with E-state index in [0.717, 1.165) is 11.6 Å². The Labute approximate surface area is 153 Å². The van der Waals surface area contributed by atoms with E-state index in [1.807, 2.05) is 20.8 Å². The normalized spacial score (nSPS) is 13.3. The smallest absolute Gasteiger partial charge is 0.242 e. The van der Waals surface area contributed by atoms with Gasteiger partial charge in [-0.05, 0) is 48.2 Å². The largest absolute Gasteiger partial charge is 0.325 e. The summed E-state index contributed by atoms with van der Waals surface area (Å²) in [4.78, 5) is 12.2. The van der Waals surface area contributed by atoms with Crippen molar-refractivity contribution in [1.82, 2.24) is 4.72 Å². The maximum Gasteiger partial charge on any atom is 0.242 e. The Bertz CT molecular complexity index is 888. The van der Waals surface area contributed by atoms with Crippen LogP contribution in [0.15, 0.2) is 53.4 Å². The van der Waals surface area contributed by atoms with Crippen molar-refractivity contribution in [3.05, 3.63) is 59.9 Å². The van der Waals surface area contributed by atoms with E-state index in [2.05, 4.69) is 10.0 Å². The lowest BCUT2D eigenvalue weighted by Gasteiger charge is -2.19. The van der Waals surface area contributed by atoms with Crippen LogP contribution in [0, 0.1) is 5.82 Å². The van der Waals surface area contributed by atoms with E-state index >= 15 is 0 Å². The summed E-state index contributed by atoms with van der Waals surface area (Å²) in [6, 6.07) is 10.9. The minimum Gasteiger partial charge on any atom is -0.325 e. The standard InChI is InChI=1S/C19H23FN2O3S/c1-13(18(23)21-16-7-5-6-15(20)12-16)22-26(24,25)17-10-8-14(9-11-17)19(2,3)4/h5-13,22H,1-4H3,(H,21,23)/t13-/m0/s1. The quantitative estimate of drug-likeness (QED) is 0.837. The Balaban J connectivity index is 2.09. The molecule has 26 heavy (non-hydrogen) atoms. The molecule has 0 bridgehead atoms. The fourth-order valence-corrected chi connectivity index (χ4v) is 3.51. The molecule has 0 heterocycles. The first-order valence-electron chi connectivity index (χ1n) is 8.18. The molecule has 2 aromatic carbocycles. The molecular formula is C19H23FN2O3S. The maximum absolute atomic E-state index is 13.2. The van der Waals surface area contributed by atoms with Crippen LogP contribution in [0.3, 0.4) is 0 Å². The highest BCUT2D eigenvalue weighted by Crippen LogP contribution is 2.23. The first kappa shape index (κ1) is 20.1. The van der Waals surface area contributed by atoms with Gasteiger partial charge in [0.2, 0.25) is 15.9 Å². The summed E-state index contributed by atoms with van der Waals surface area (Å²) in [5, 5.41) is 2.48. The third-order valence-corrected chi connectivity index (χ3v) is 5.40. The fraction of sp³-hybridized carbons (Fsp3) is 0.316. The molecule has 0 unspecified atom stereocenters. The van der Waals surface area contributed by atoms with Crippen molar-refractivity contribution in [2.24, 2.45) is 0 Å². The number of carbonyl (C=O) groups is 1. The molecule has 1 atom stereocenters. The Morgan fingerprint density at radius 1 is 1.08 bits per heavy atom. The molecule has 0 radical (unpaired) electrons. The first-order chi connectivity index (χ1) is 12.0. The van der Waals surface area contributed by atoms with E-state index in [1.54, 1.807) is 12.1 Å². The van der Waals surface area contributed by atoms with Crippen LogP contribution >= 0.6 is 0 Å². The molecule has 7 heteroatoms. The second-order valence-corrected chi connectivity index (χ2v) is 8.83. The van der Waals surface area contributed by atoms with E-state index in [-0.39, 0.29) is 16.0 Å². The number of sulfonamides is 1. The van der Waals surface area contributed by atoms with E-state index in [1.165, 1.54) is 37.3 Å². The molecular weight excluding hydrogens is 355 g/mol. The van der Waals surface area contributed by atoms with Crippen molar-refractivity contribution in [3.8, 4) is 0 Å². The predicted molar refractivity (Wildman–Crippen MR) is 100.0 cm³/mol. The molecule has 0 aliphatic rings. The maximum atomic E-state index is 13.2. The number of rotatable bonds is 5. The van der Waals surface area contributed by atoms with Crippen molar-refractivity contribution in [1.29, 1.82) is 0 Å². The first-order valence-corrected chi connectivity index (χ1v) is 9.67. The third kappa shape index (κ3) is 5.12. The average molecular weight is 378 g/mol. The second-order valence-electron chi connectivity index (χ2n) is 7.12. The predicted octanol–water partition coefficient (Wildman–Crippen LogP) is 3.43. The molecule has 0 aliphatic heterocycles. The van der Waals surface area contributed by atoms with Gasteiger partial charge in [-0.15, -0.1) is 0 Å². The van der Waals surface area contributed by atoms with Gasteiger partial charge in [-0.25, -0.2) is 12.8 Å². The van der Waals surface area contributed by atoms with Gasteiger partial charge < -0.3 is 5.32 Å². The molecule has 1 amide bonds. The number of amides is 1. The monoisotopic (exact) mass is 378 g/mol. The van der Waals surface area contributed by atoms with Crippen LogP contribution in [0.2, 0.25) is 0 Å². The van der Waals surface area contributed by atoms with Crippen LogP contribution < -0.4 is 10.0 Å². The van der Waals surface area contributed by atoms with Gasteiger partial charge >= 0.3 is 0 Å². The molecule has 0 aromatic heterocycles. The molecule has 2 rings (SSSR count). The second kappa shape index (κ2) is 7.55. The van der Waals surface area contributed by atoms with Gasteiger partial charge in [0.15, 0.2) is 0 Å². The molecule has 0 saturated heterocycles. The lowest BCUT2D eigenvalue weighted by molar-refractivity contribution is -0.117. The fourth-order valence-electron chi connectivity index (χ4n) is 2.31. The van der Waals surface area contributed by atoms with Gasteiger partial charge in [-0.3, -0.25) is 4.79 Å². The zero-order valence-electron chi connectivity index (χ0n) is 15.2. The molecule has 2 aromatic rings. The highest BCUT2D eigenvalue weighted by Gasteiger charge is 2.23. The van der Waals surface area contributed by atoms with Crippen LogP contribution in [0.5, 0.6) is 0 Å². The molecule has 2 N–H and O–H groups in total. The Morgan fingerprint density at radius 2 is 1.69 bits per heavy atom. The van der Waals surface area contributed by atoms with Gasteiger partial charge in [0.25, 0.3) is 0 Å². The van der Waals surface area contributed by atoms with Gasteiger partial charge in [0, 0.05) is 5.69 Å². The SMILES string of the molecule is C[C@H](NS(=O)(=O)c1ccc(C(C)(C)C)cc1)C(=O)Nc1cccc(F)c1. The van der Waals surface area contributed by atoms with Crippen LogP contribution in [-0.4, -0.2) is 20.4 Å². The number of anilines is 1. The number of carbonyl (C=O) groups excluding carboxylic acids is 1. The minimum atomic E-state index is -3.85. The lowest BCUT2D eigenvalue weighted by Crippen LogP contribution is -2.41. The molecule has 140 valence electrons. The summed E-state index contributed by atoms with van der Waals surface area (Å²) in [5.41, 5.74) is 1.18. The van der Waals surface area contributed by atoms with Gasteiger partial charge in [-0.2, -0.15) is 4.72 Å². The van der Waals surface area contributed by atoms with Crippen LogP contribution in [0.1, 0.15) is 33.3 Å². The Morgan fingerprint density at radius 3 is 2.23 bits per heavy atom. The summed E-state index contributed by atoms with van der Waals surface area (Å²) in [7, 11) is -3.85. The van der Waals surface area contributed by atoms with Crippen molar-refractivity contribution in [2.45, 2.75) is 44.0 Å². The molecule has 0 saturated carbocycles. The van der Waals surface area contributed by atoms with E-state index in [4.69, 9.17) is 0 Å². The van der Waals surface area contributed by atoms with Gasteiger partial charge in [0.1, 0.15) is 5.82 Å². The highest BCUT2D eigenvalue weighted by atomic mass is 32.2. The van der Waals surface area contributed by atoms with Crippen molar-refractivity contribution >= 4 is 21.6 Å². The van der Waals surface area contributed by atoms with Crippen LogP contribution in [0.25, 0.3) is 0 Å². The van der Waals surface area contributed by atoms with Crippen LogP contribution in [0.4, 0.5) is 10.1 Å². The van der Waals surface area contributed by atoms with Crippen LogP contribution in [-0.2, 0) is 20.2 Å². The van der Waals surface area contributed by atoms with E-state index < -0.39 is 27.8 Å². The van der Waals surface area contributed by atoms with E-state index in [0.29, 0.717) is 0 Å². The lowest BCUT2D eigenvalue weighted by atomic mass is 9.87. The minimum absolute atomic E-state index is 0.0795. The molecule has 0 aliphatic carbocycles. The molecule has 5 nitrogen and oxygen atoms in total. The number of hydrogen-bond donors (Lipinski definition) is 2. The molecule has 0 spiro atoms. The average Bonchev–Trinajstić information content (AvgIpc) is 2.53. The van der Waals surface area contributed by atoms with Crippen molar-refractivity contribution in [3.63, 3.8) is 0 Å². The summed E-state index contributed by atoms with van der Waals surface area (Å²) in [6.45, 7) is 7.53. The zero-order valence-corrected chi connectivity index (χ0v) is 16.0. The number of halogens is 1. The summed E-state index contributed by atoms with van der Waals surface area (Å²) in [6.07, 6.45) is 0. The number of benzene rings is 2. The van der Waals surface area contributed by atoms with Gasteiger partial charge in [0.05, 0.1) is 10.9 Å².